The third kappa shape index (κ3) is 13.4. The molecule has 3 aliphatic rings. The topological polar surface area (TPSA) is 58.4 Å². The zero-order valence-electron chi connectivity index (χ0n) is 32.1. The number of nitrogens with one attached hydrogen (secondary N) is 1. The SMILES string of the molecule is C=C(N)C1/C=C/C=C\C=C\CC/C=C\C=C/C1C.CC.CCCCN(CC)CCCCC1(C(=O)NCC(F)F)C2=C(C=CCC2)c2ccccc21. The average molecular weight is 702 g/mol. The van der Waals surface area contributed by atoms with Crippen molar-refractivity contribution in [2.24, 2.45) is 17.6 Å². The van der Waals surface area contributed by atoms with Crippen molar-refractivity contribution >= 4 is 11.5 Å². The number of nitrogens with zero attached hydrogens (tertiary/aromatic N) is 1. The number of hydrogen-bond donors (Lipinski definition) is 2. The molecule has 0 fully saturated rings. The van der Waals surface area contributed by atoms with Crippen molar-refractivity contribution in [1.82, 2.24) is 10.2 Å². The zero-order chi connectivity index (χ0) is 37.5. The molecule has 280 valence electrons. The number of unbranched alkanes of at least 4 members (excludes halogenated alkanes) is 2. The second-order valence-corrected chi connectivity index (χ2v) is 13.2. The number of nitrogens with two attached hydrogens (primary N) is 1. The first-order valence-electron chi connectivity index (χ1n) is 19.3. The van der Waals surface area contributed by atoms with Gasteiger partial charge in [0, 0.05) is 11.6 Å². The molecule has 6 heteroatoms. The molecule has 3 aliphatic carbocycles. The van der Waals surface area contributed by atoms with Gasteiger partial charge >= 0.3 is 0 Å². The van der Waals surface area contributed by atoms with E-state index in [0.29, 0.717) is 18.0 Å². The van der Waals surface area contributed by atoms with E-state index in [4.69, 9.17) is 5.73 Å². The highest BCUT2D eigenvalue weighted by Gasteiger charge is 2.49. The van der Waals surface area contributed by atoms with Crippen LogP contribution in [0.5, 0.6) is 0 Å². The summed E-state index contributed by atoms with van der Waals surface area (Å²) in [7, 11) is 0. The highest BCUT2D eigenvalue weighted by Crippen LogP contribution is 2.53. The summed E-state index contributed by atoms with van der Waals surface area (Å²) in [5.41, 5.74) is 10.0. The summed E-state index contributed by atoms with van der Waals surface area (Å²) in [5.74, 6) is 0.278. The molecule has 0 radical (unpaired) electrons. The number of alkyl halides is 2. The Morgan fingerprint density at radius 3 is 2.29 bits per heavy atom. The van der Waals surface area contributed by atoms with E-state index in [9.17, 15) is 13.6 Å². The van der Waals surface area contributed by atoms with Crippen LogP contribution in [0.15, 0.2) is 115 Å². The quantitative estimate of drug-likeness (QED) is 0.201. The smallest absolute Gasteiger partial charge is 0.255 e. The van der Waals surface area contributed by atoms with Gasteiger partial charge in [0.05, 0.1) is 12.0 Å². The Balaban J connectivity index is 0.000000384. The van der Waals surface area contributed by atoms with Gasteiger partial charge < -0.3 is 16.0 Å². The Bertz CT molecular complexity index is 1420. The minimum atomic E-state index is -2.55. The van der Waals surface area contributed by atoms with Gasteiger partial charge in [-0.15, -0.1) is 0 Å². The van der Waals surface area contributed by atoms with Crippen LogP contribution in [0.3, 0.4) is 0 Å². The normalized spacial score (nSPS) is 24.1. The number of rotatable bonds is 13. The maximum atomic E-state index is 13.5. The Morgan fingerprint density at radius 2 is 1.61 bits per heavy atom. The fraction of sp³-hybridized carbons (Fsp3) is 0.489. The predicted octanol–water partition coefficient (Wildman–Crippen LogP) is 11.0. The number of allylic oxidation sites excluding steroid dienone is 13. The first-order chi connectivity index (χ1) is 24.8. The maximum absolute atomic E-state index is 13.5. The fourth-order valence-corrected chi connectivity index (χ4v) is 6.98. The van der Waals surface area contributed by atoms with E-state index in [0.717, 1.165) is 80.4 Å². The van der Waals surface area contributed by atoms with E-state index < -0.39 is 18.4 Å². The molecule has 3 atom stereocenters. The zero-order valence-corrected chi connectivity index (χ0v) is 32.1. The molecule has 3 unspecified atom stereocenters. The number of fused-ring (bicyclic) bond motifs is 2. The van der Waals surface area contributed by atoms with Crippen LogP contribution >= 0.6 is 0 Å². The van der Waals surface area contributed by atoms with Gasteiger partial charge in [0.25, 0.3) is 6.43 Å². The van der Waals surface area contributed by atoms with E-state index in [1.807, 2.05) is 50.3 Å². The number of benzene rings is 1. The van der Waals surface area contributed by atoms with Gasteiger partial charge in [-0.1, -0.05) is 151 Å². The predicted molar refractivity (Wildman–Crippen MR) is 216 cm³/mol. The van der Waals surface area contributed by atoms with Gasteiger partial charge in [0.1, 0.15) is 0 Å². The lowest BCUT2D eigenvalue weighted by Crippen LogP contribution is -2.46. The molecule has 0 aliphatic heterocycles. The van der Waals surface area contributed by atoms with Gasteiger partial charge in [-0.25, -0.2) is 8.78 Å². The number of carbonyl (C=O) groups is 1. The van der Waals surface area contributed by atoms with Crippen LogP contribution in [0.2, 0.25) is 0 Å². The monoisotopic (exact) mass is 702 g/mol. The third-order valence-corrected chi connectivity index (χ3v) is 9.66. The van der Waals surface area contributed by atoms with E-state index >= 15 is 0 Å². The maximum Gasteiger partial charge on any atom is 0.255 e. The standard InChI is InChI=1S/C26H36F2N2O.C17H23N.C2H6/c1-3-5-17-30(4-2)18-11-10-16-26(25(31)29-19-24(27)28)22-14-8-6-12-20(22)21-13-7-9-15-23(21)26;1-15-13-11-9-7-5-3-4-6-8-10-12-14-17(15)16(2)18;1-2/h6-8,12-14,24H,3-5,9-11,15-19H2,1-2H3,(H,29,31);4,6-15,17H,2-3,5,18H2,1H3;1-2H3/b;6-4+,9-7-,10-8-,13-11-,14-12+;. The molecular formula is C45H65F2N3O. The van der Waals surface area contributed by atoms with Crippen LogP contribution in [0, 0.1) is 11.8 Å². The summed E-state index contributed by atoms with van der Waals surface area (Å²) in [4.78, 5) is 16.0. The summed E-state index contributed by atoms with van der Waals surface area (Å²) in [6.07, 6.45) is 31.5. The molecule has 0 spiro atoms. The molecular weight excluding hydrogens is 637 g/mol. The van der Waals surface area contributed by atoms with E-state index in [1.165, 1.54) is 12.8 Å². The number of carbonyl (C=O) groups excluding carboxylic acids is 1. The second kappa shape index (κ2) is 24.4. The van der Waals surface area contributed by atoms with Crippen molar-refractivity contribution in [3.8, 4) is 0 Å². The first kappa shape index (κ1) is 43.4. The minimum Gasteiger partial charge on any atom is -0.402 e. The lowest BCUT2D eigenvalue weighted by Gasteiger charge is -2.34. The average Bonchev–Trinajstić information content (AvgIpc) is 3.43. The molecule has 51 heavy (non-hydrogen) atoms. The van der Waals surface area contributed by atoms with Crippen molar-refractivity contribution in [2.75, 3.05) is 26.2 Å². The largest absolute Gasteiger partial charge is 0.402 e. The van der Waals surface area contributed by atoms with Gasteiger partial charge in [0.15, 0.2) is 0 Å². The van der Waals surface area contributed by atoms with Crippen LogP contribution in [0.4, 0.5) is 8.78 Å². The second-order valence-electron chi connectivity index (χ2n) is 13.2. The number of halogens is 2. The van der Waals surface area contributed by atoms with E-state index in [2.05, 4.69) is 98.3 Å². The third-order valence-electron chi connectivity index (χ3n) is 9.66. The first-order valence-corrected chi connectivity index (χ1v) is 19.3. The summed E-state index contributed by atoms with van der Waals surface area (Å²) in [6.45, 7) is 17.0. The van der Waals surface area contributed by atoms with Crippen LogP contribution < -0.4 is 11.1 Å². The molecule has 0 aromatic heterocycles. The summed E-state index contributed by atoms with van der Waals surface area (Å²) in [6, 6.07) is 8.03. The molecule has 1 aromatic carbocycles. The van der Waals surface area contributed by atoms with Crippen molar-refractivity contribution in [3.63, 3.8) is 0 Å². The van der Waals surface area contributed by atoms with Gasteiger partial charge in [-0.2, -0.15) is 0 Å². The van der Waals surface area contributed by atoms with Gasteiger partial charge in [-0.3, -0.25) is 4.79 Å². The molecule has 4 nitrogen and oxygen atoms in total. The fourth-order valence-electron chi connectivity index (χ4n) is 6.98. The van der Waals surface area contributed by atoms with E-state index in [-0.39, 0.29) is 11.8 Å². The lowest BCUT2D eigenvalue weighted by atomic mass is 9.70. The Kier molecular flexibility index (Phi) is 20.8. The minimum absolute atomic E-state index is 0.186. The molecule has 0 saturated carbocycles. The molecule has 3 N–H and O–H groups in total. The Labute approximate surface area is 308 Å². The Morgan fingerprint density at radius 1 is 0.941 bits per heavy atom. The molecule has 4 rings (SSSR count). The highest BCUT2D eigenvalue weighted by atomic mass is 19.3. The number of amides is 1. The molecule has 1 aromatic rings. The van der Waals surface area contributed by atoms with Gasteiger partial charge in [0.2, 0.25) is 5.91 Å². The lowest BCUT2D eigenvalue weighted by molar-refractivity contribution is -0.126. The van der Waals surface area contributed by atoms with Crippen molar-refractivity contribution in [2.45, 2.75) is 104 Å². The molecule has 0 bridgehead atoms. The van der Waals surface area contributed by atoms with Crippen LogP contribution in [0.1, 0.15) is 104 Å². The molecule has 0 saturated heterocycles. The van der Waals surface area contributed by atoms with Crippen molar-refractivity contribution in [3.05, 3.63) is 126 Å². The number of hydrogen-bond acceptors (Lipinski definition) is 3. The van der Waals surface area contributed by atoms with Crippen LogP contribution in [0.25, 0.3) is 5.57 Å². The summed E-state index contributed by atoms with van der Waals surface area (Å²) >= 11 is 0. The van der Waals surface area contributed by atoms with Crippen LogP contribution in [-0.4, -0.2) is 43.4 Å². The summed E-state index contributed by atoms with van der Waals surface area (Å²) in [5, 5.41) is 2.57. The van der Waals surface area contributed by atoms with Crippen molar-refractivity contribution in [1.29, 1.82) is 0 Å². The van der Waals surface area contributed by atoms with Crippen molar-refractivity contribution < 1.29 is 13.6 Å². The highest BCUT2D eigenvalue weighted by molar-refractivity contribution is 6.02. The van der Waals surface area contributed by atoms with Crippen LogP contribution in [-0.2, 0) is 10.2 Å². The summed E-state index contributed by atoms with van der Waals surface area (Å²) < 4.78 is 25.9. The van der Waals surface area contributed by atoms with E-state index in [1.54, 1.807) is 0 Å². The van der Waals surface area contributed by atoms with Gasteiger partial charge in [-0.05, 0) is 92.8 Å². The molecule has 1 amide bonds. The Hall–Kier alpha value is -3.77. The molecule has 0 heterocycles.